The second-order valence-corrected chi connectivity index (χ2v) is 5.85. The Labute approximate surface area is 141 Å². The van der Waals surface area contributed by atoms with Gasteiger partial charge in [0.1, 0.15) is 13.0 Å². The van der Waals surface area contributed by atoms with Crippen molar-refractivity contribution in [3.8, 4) is 0 Å². The van der Waals surface area contributed by atoms with Crippen molar-refractivity contribution in [1.29, 1.82) is 0 Å². The smallest absolute Gasteiger partial charge is 0.397 e. The second-order valence-electron chi connectivity index (χ2n) is 5.85. The van der Waals surface area contributed by atoms with E-state index < -0.39 is 18.5 Å². The molecule has 1 atom stereocenters. The van der Waals surface area contributed by atoms with Crippen molar-refractivity contribution in [1.82, 2.24) is 25.2 Å². The molecule has 1 aliphatic rings. The first-order valence-electron chi connectivity index (χ1n) is 7.88. The normalized spacial score (nSPS) is 19.4. The highest BCUT2D eigenvalue weighted by Crippen LogP contribution is 2.32. The number of nitrogens with zero attached hydrogens (tertiary/aromatic N) is 5. The molecule has 1 aliphatic heterocycles. The van der Waals surface area contributed by atoms with E-state index >= 15 is 0 Å². The summed E-state index contributed by atoms with van der Waals surface area (Å²) in [7, 11) is 1.53. The van der Waals surface area contributed by atoms with E-state index in [0.717, 1.165) is 19.4 Å². The Morgan fingerprint density at radius 1 is 1.24 bits per heavy atom. The first kappa shape index (κ1) is 17.8. The molecule has 2 aromatic heterocycles. The average molecular weight is 361 g/mol. The van der Waals surface area contributed by atoms with Crippen LogP contribution in [0.25, 0.3) is 0 Å². The van der Waals surface area contributed by atoms with E-state index in [1.165, 1.54) is 7.11 Å². The van der Waals surface area contributed by atoms with Crippen molar-refractivity contribution < 1.29 is 26.8 Å². The number of hydrogen-bond donors (Lipinski definition) is 0. The van der Waals surface area contributed by atoms with Crippen molar-refractivity contribution in [2.45, 2.75) is 51.1 Å². The highest BCUT2D eigenvalue weighted by Gasteiger charge is 2.34. The van der Waals surface area contributed by atoms with Crippen molar-refractivity contribution in [3.63, 3.8) is 0 Å². The minimum Gasteiger partial charge on any atom is -0.423 e. The zero-order valence-corrected chi connectivity index (χ0v) is 13.6. The van der Waals surface area contributed by atoms with Crippen molar-refractivity contribution in [2.75, 3.05) is 13.7 Å². The fourth-order valence-corrected chi connectivity index (χ4v) is 2.82. The van der Waals surface area contributed by atoms with Gasteiger partial charge in [0, 0.05) is 7.11 Å². The lowest BCUT2D eigenvalue weighted by Gasteiger charge is -2.32. The summed E-state index contributed by atoms with van der Waals surface area (Å²) in [6.45, 7) is 1.33. The number of methoxy groups -OCH3 is 1. The predicted octanol–water partition coefficient (Wildman–Crippen LogP) is 2.43. The summed E-state index contributed by atoms with van der Waals surface area (Å²) in [5, 5.41) is 11.1. The first-order valence-corrected chi connectivity index (χ1v) is 7.88. The molecule has 1 saturated heterocycles. The molecule has 2 aromatic rings. The van der Waals surface area contributed by atoms with E-state index in [1.54, 1.807) is 0 Å². The van der Waals surface area contributed by atoms with Crippen molar-refractivity contribution >= 4 is 0 Å². The maximum atomic E-state index is 12.4. The van der Waals surface area contributed by atoms with Gasteiger partial charge in [0.15, 0.2) is 5.82 Å². The van der Waals surface area contributed by atoms with E-state index in [4.69, 9.17) is 13.7 Å². The Hall–Kier alpha value is -2.01. The van der Waals surface area contributed by atoms with Gasteiger partial charge < -0.3 is 13.7 Å². The molecule has 25 heavy (non-hydrogen) atoms. The fourth-order valence-electron chi connectivity index (χ4n) is 2.82. The Bertz CT molecular complexity index is 687. The largest absolute Gasteiger partial charge is 0.423 e. The summed E-state index contributed by atoms with van der Waals surface area (Å²) in [5.74, 6) is 0.620. The fraction of sp³-hybridized carbons (Fsp3) is 0.714. The molecule has 0 aromatic carbocycles. The summed E-state index contributed by atoms with van der Waals surface area (Å²) >= 11 is 0. The lowest BCUT2D eigenvalue weighted by atomic mass is 10.0. The molecule has 0 aliphatic carbocycles. The molecule has 0 spiro atoms. The minimum atomic E-state index is -4.38. The number of hydrogen-bond acceptors (Lipinski definition) is 8. The summed E-state index contributed by atoms with van der Waals surface area (Å²) < 4.78 is 52.7. The van der Waals surface area contributed by atoms with E-state index in [-0.39, 0.29) is 18.5 Å². The van der Waals surface area contributed by atoms with Gasteiger partial charge in [-0.15, -0.1) is 10.2 Å². The van der Waals surface area contributed by atoms with Crippen LogP contribution in [0.15, 0.2) is 8.94 Å². The van der Waals surface area contributed by atoms with Gasteiger partial charge in [-0.3, -0.25) is 4.90 Å². The van der Waals surface area contributed by atoms with Gasteiger partial charge >= 0.3 is 6.18 Å². The van der Waals surface area contributed by atoms with Crippen LogP contribution in [0, 0.1) is 0 Å². The summed E-state index contributed by atoms with van der Waals surface area (Å²) in [6.07, 6.45) is -3.00. The topological polar surface area (TPSA) is 90.3 Å². The molecule has 0 saturated carbocycles. The molecule has 0 radical (unpaired) electrons. The van der Waals surface area contributed by atoms with Crippen LogP contribution in [0.4, 0.5) is 13.2 Å². The van der Waals surface area contributed by atoms with Gasteiger partial charge in [-0.25, -0.2) is 0 Å². The Morgan fingerprint density at radius 3 is 2.84 bits per heavy atom. The van der Waals surface area contributed by atoms with Crippen LogP contribution in [0.2, 0.25) is 0 Å². The number of likely N-dealkylation sites (tertiary alicyclic amines) is 1. The molecular weight excluding hydrogens is 343 g/mol. The van der Waals surface area contributed by atoms with Crippen LogP contribution in [0.1, 0.15) is 48.8 Å². The zero-order chi connectivity index (χ0) is 17.9. The number of alkyl halides is 3. The van der Waals surface area contributed by atoms with Crippen molar-refractivity contribution in [3.05, 3.63) is 23.5 Å². The number of ether oxygens (including phenoxy) is 1. The second kappa shape index (κ2) is 7.48. The van der Waals surface area contributed by atoms with Gasteiger partial charge in [-0.05, 0) is 19.4 Å². The number of rotatable bonds is 6. The molecule has 0 unspecified atom stereocenters. The molecule has 0 N–H and O–H groups in total. The molecule has 1 fully saturated rings. The number of halogens is 3. The van der Waals surface area contributed by atoms with Gasteiger partial charge in [0.05, 0.1) is 12.6 Å². The molecule has 0 bridgehead atoms. The van der Waals surface area contributed by atoms with Gasteiger partial charge in [0.25, 0.3) is 0 Å². The lowest BCUT2D eigenvalue weighted by Crippen LogP contribution is -2.33. The van der Waals surface area contributed by atoms with E-state index in [1.807, 2.05) is 4.90 Å². The molecule has 11 heteroatoms. The number of aromatic nitrogens is 4. The first-order chi connectivity index (χ1) is 11.9. The monoisotopic (exact) mass is 361 g/mol. The van der Waals surface area contributed by atoms with Crippen LogP contribution in [0.5, 0.6) is 0 Å². The standard InChI is InChI=1S/C14H18F3N5O3/c1-23-8-10-18-12(25-21-10)7-22-5-3-2-4-9(22)13-20-19-11(24-13)6-14(15,16)17/h9H,2-8H2,1H3/t9-/m0/s1. The van der Waals surface area contributed by atoms with Gasteiger partial charge in [-0.2, -0.15) is 18.2 Å². The van der Waals surface area contributed by atoms with E-state index in [9.17, 15) is 13.2 Å². The van der Waals surface area contributed by atoms with E-state index in [0.29, 0.717) is 24.7 Å². The van der Waals surface area contributed by atoms with Crippen molar-refractivity contribution in [2.24, 2.45) is 0 Å². The summed E-state index contributed by atoms with van der Waals surface area (Å²) in [6, 6.07) is -0.263. The minimum absolute atomic E-state index is 0.190. The Balaban J connectivity index is 1.70. The Kier molecular flexibility index (Phi) is 5.33. The average Bonchev–Trinajstić information content (AvgIpc) is 3.16. The molecule has 0 amide bonds. The summed E-state index contributed by atoms with van der Waals surface area (Å²) in [5.41, 5.74) is 0. The van der Waals surface area contributed by atoms with E-state index in [2.05, 4.69) is 20.3 Å². The van der Waals surface area contributed by atoms with Crippen LogP contribution >= 0.6 is 0 Å². The van der Waals surface area contributed by atoms with Crippen LogP contribution in [0.3, 0.4) is 0 Å². The third-order valence-electron chi connectivity index (χ3n) is 3.85. The maximum Gasteiger partial charge on any atom is 0.397 e. The third kappa shape index (κ3) is 4.75. The highest BCUT2D eigenvalue weighted by molar-refractivity contribution is 4.96. The van der Waals surface area contributed by atoms with Gasteiger partial charge in [-0.1, -0.05) is 11.6 Å². The van der Waals surface area contributed by atoms with Crippen LogP contribution < -0.4 is 0 Å². The zero-order valence-electron chi connectivity index (χ0n) is 13.6. The molecule has 3 rings (SSSR count). The molecule has 8 nitrogen and oxygen atoms in total. The maximum absolute atomic E-state index is 12.4. The number of piperidine rings is 1. The van der Waals surface area contributed by atoms with Gasteiger partial charge in [0.2, 0.25) is 17.7 Å². The highest BCUT2D eigenvalue weighted by atomic mass is 19.4. The SMILES string of the molecule is COCc1noc(CN2CCCC[C@H]2c2nnc(CC(F)(F)F)o2)n1. The Morgan fingerprint density at radius 2 is 2.08 bits per heavy atom. The third-order valence-corrected chi connectivity index (χ3v) is 3.85. The van der Waals surface area contributed by atoms with Crippen LogP contribution in [-0.2, 0) is 24.3 Å². The predicted molar refractivity (Wildman–Crippen MR) is 76.1 cm³/mol. The summed E-state index contributed by atoms with van der Waals surface area (Å²) in [4.78, 5) is 6.21. The quantitative estimate of drug-likeness (QED) is 0.775. The van der Waals surface area contributed by atoms with Crippen LogP contribution in [-0.4, -0.2) is 45.1 Å². The molecular formula is C14H18F3N5O3. The molecule has 138 valence electrons. The lowest BCUT2D eigenvalue weighted by molar-refractivity contribution is -0.131. The molecule has 3 heterocycles.